The first-order valence-electron chi connectivity index (χ1n) is 9.24. The summed E-state index contributed by atoms with van der Waals surface area (Å²) < 4.78 is 24.7. The molecule has 32 heavy (non-hydrogen) atoms. The number of ether oxygens (including phenoxy) is 2. The highest BCUT2D eigenvalue weighted by molar-refractivity contribution is 6.06. The first-order chi connectivity index (χ1) is 15.4. The lowest BCUT2D eigenvalue weighted by molar-refractivity contribution is -0.139. The summed E-state index contributed by atoms with van der Waals surface area (Å²) in [5, 5.41) is 19.0. The van der Waals surface area contributed by atoms with Crippen molar-refractivity contribution in [1.29, 1.82) is 10.5 Å². The summed E-state index contributed by atoms with van der Waals surface area (Å²) in [5.74, 6) is -4.12. The number of hydrogen-bond acceptors (Lipinski definition) is 8. The third-order valence-electron chi connectivity index (χ3n) is 4.93. The van der Waals surface area contributed by atoms with Gasteiger partial charge in [-0.2, -0.15) is 10.5 Å². The molecule has 0 saturated carbocycles. The zero-order valence-corrected chi connectivity index (χ0v) is 17.1. The van der Waals surface area contributed by atoms with Gasteiger partial charge in [0.2, 0.25) is 0 Å². The molecule has 0 fully saturated rings. The van der Waals surface area contributed by atoms with Crippen LogP contribution in [0.25, 0.3) is 0 Å². The smallest absolute Gasteiger partial charge is 0.355 e. The Morgan fingerprint density at radius 1 is 1.03 bits per heavy atom. The van der Waals surface area contributed by atoms with E-state index in [0.29, 0.717) is 5.56 Å². The maximum atomic E-state index is 15.0. The molecule has 1 atom stereocenters. The van der Waals surface area contributed by atoms with Gasteiger partial charge in [0.1, 0.15) is 17.3 Å². The van der Waals surface area contributed by atoms with Gasteiger partial charge in [-0.3, -0.25) is 4.90 Å². The van der Waals surface area contributed by atoms with Crippen molar-refractivity contribution in [3.63, 3.8) is 0 Å². The average Bonchev–Trinajstić information content (AvgIpc) is 2.82. The van der Waals surface area contributed by atoms with Crippen LogP contribution in [0.1, 0.15) is 17.0 Å². The molecule has 2 aromatic carbocycles. The van der Waals surface area contributed by atoms with Crippen molar-refractivity contribution < 1.29 is 23.5 Å². The van der Waals surface area contributed by atoms with Crippen molar-refractivity contribution in [1.82, 2.24) is 0 Å². The van der Waals surface area contributed by atoms with Crippen LogP contribution in [0, 0.1) is 28.5 Å². The largest absolute Gasteiger partial charge is 0.466 e. The van der Waals surface area contributed by atoms with Crippen LogP contribution >= 0.6 is 0 Å². The Bertz CT molecular complexity index is 1240. The molecule has 1 aliphatic rings. The number of carbonyl (C=O) groups is 2. The average molecular weight is 432 g/mol. The fourth-order valence-electron chi connectivity index (χ4n) is 3.52. The molecule has 0 amide bonds. The van der Waals surface area contributed by atoms with Crippen LogP contribution in [0.3, 0.4) is 0 Å². The van der Waals surface area contributed by atoms with E-state index in [4.69, 9.17) is 20.5 Å². The van der Waals surface area contributed by atoms with E-state index < -0.39 is 29.4 Å². The standard InChI is InChI=1S/C23H17FN4O4/c1-31-22(29)19-18(14-6-4-3-5-7-14)15(12-26)21(27)28(20(19)23(30)32-2)17-9-8-13(11-25)10-16(17)24/h3-10,18H,27H2,1-2H3. The van der Waals surface area contributed by atoms with Crippen LogP contribution in [0.15, 0.2) is 71.2 Å². The Hall–Kier alpha value is -4.63. The summed E-state index contributed by atoms with van der Waals surface area (Å²) >= 11 is 0. The molecule has 3 rings (SSSR count). The van der Waals surface area contributed by atoms with Gasteiger partial charge in [-0.1, -0.05) is 30.3 Å². The number of esters is 2. The maximum absolute atomic E-state index is 15.0. The molecule has 1 aliphatic heterocycles. The molecule has 9 heteroatoms. The molecule has 0 saturated heterocycles. The summed E-state index contributed by atoms with van der Waals surface area (Å²) in [7, 11) is 2.21. The van der Waals surface area contributed by atoms with Crippen molar-refractivity contribution in [3.8, 4) is 12.1 Å². The second-order valence-electron chi connectivity index (χ2n) is 6.61. The minimum atomic E-state index is -1.06. The van der Waals surface area contributed by atoms with E-state index in [1.807, 2.05) is 12.1 Å². The zero-order chi connectivity index (χ0) is 23.4. The molecule has 0 aromatic heterocycles. The molecule has 0 bridgehead atoms. The van der Waals surface area contributed by atoms with Gasteiger partial charge >= 0.3 is 11.9 Å². The Morgan fingerprint density at radius 3 is 2.22 bits per heavy atom. The normalized spacial score (nSPS) is 15.7. The fourth-order valence-corrected chi connectivity index (χ4v) is 3.52. The van der Waals surface area contributed by atoms with Crippen molar-refractivity contribution in [2.75, 3.05) is 19.1 Å². The van der Waals surface area contributed by atoms with E-state index in [-0.39, 0.29) is 28.2 Å². The van der Waals surface area contributed by atoms with Crippen molar-refractivity contribution >= 4 is 17.6 Å². The Kier molecular flexibility index (Phi) is 6.22. The van der Waals surface area contributed by atoms with E-state index in [1.54, 1.807) is 30.3 Å². The maximum Gasteiger partial charge on any atom is 0.355 e. The lowest BCUT2D eigenvalue weighted by Crippen LogP contribution is -2.41. The number of anilines is 1. The quantitative estimate of drug-likeness (QED) is 0.730. The number of benzene rings is 2. The Labute approximate surface area is 183 Å². The molecule has 1 unspecified atom stereocenters. The summed E-state index contributed by atoms with van der Waals surface area (Å²) in [5.41, 5.74) is 5.84. The highest BCUT2D eigenvalue weighted by Gasteiger charge is 2.43. The van der Waals surface area contributed by atoms with Gasteiger partial charge in [-0.25, -0.2) is 14.0 Å². The van der Waals surface area contributed by atoms with Gasteiger partial charge in [0.25, 0.3) is 0 Å². The molecule has 0 aliphatic carbocycles. The monoisotopic (exact) mass is 432 g/mol. The highest BCUT2D eigenvalue weighted by Crippen LogP contribution is 2.43. The minimum absolute atomic E-state index is 0.0327. The third kappa shape index (κ3) is 3.64. The molecule has 0 radical (unpaired) electrons. The van der Waals surface area contributed by atoms with Gasteiger partial charge in [-0.05, 0) is 23.8 Å². The fraction of sp³-hybridized carbons (Fsp3) is 0.130. The molecular formula is C23H17FN4O4. The van der Waals surface area contributed by atoms with Crippen molar-refractivity contribution in [3.05, 3.63) is 88.1 Å². The summed E-state index contributed by atoms with van der Waals surface area (Å²) in [4.78, 5) is 26.7. The van der Waals surface area contributed by atoms with Crippen LogP contribution in [0.5, 0.6) is 0 Å². The van der Waals surface area contributed by atoms with E-state index in [1.165, 1.54) is 12.1 Å². The van der Waals surface area contributed by atoms with Crippen molar-refractivity contribution in [2.24, 2.45) is 5.73 Å². The van der Waals surface area contributed by atoms with Crippen LogP contribution < -0.4 is 10.6 Å². The number of nitrogens with two attached hydrogens (primary N) is 1. The SMILES string of the molecule is COC(=O)C1=C(C(=O)OC)N(c2ccc(C#N)cc2F)C(N)=C(C#N)C1c1ccccc1. The first-order valence-corrected chi connectivity index (χ1v) is 9.24. The van der Waals surface area contributed by atoms with E-state index in [0.717, 1.165) is 25.2 Å². The van der Waals surface area contributed by atoms with E-state index >= 15 is 0 Å². The number of methoxy groups -OCH3 is 2. The number of nitriles is 2. The number of rotatable bonds is 4. The number of halogens is 1. The Morgan fingerprint density at radius 2 is 1.69 bits per heavy atom. The topological polar surface area (TPSA) is 129 Å². The van der Waals surface area contributed by atoms with Crippen LogP contribution in [-0.2, 0) is 19.1 Å². The summed E-state index contributed by atoms with van der Waals surface area (Å²) in [6.07, 6.45) is 0. The number of allylic oxidation sites excluding steroid dienone is 1. The van der Waals surface area contributed by atoms with Gasteiger partial charge in [0.15, 0.2) is 0 Å². The van der Waals surface area contributed by atoms with Gasteiger partial charge < -0.3 is 15.2 Å². The first kappa shape index (κ1) is 22.1. The Balaban J connectivity index is 2.43. The lowest BCUT2D eigenvalue weighted by Gasteiger charge is -2.36. The van der Waals surface area contributed by atoms with E-state index in [9.17, 15) is 19.2 Å². The highest BCUT2D eigenvalue weighted by atomic mass is 19.1. The molecule has 8 nitrogen and oxygen atoms in total. The van der Waals surface area contributed by atoms with Crippen molar-refractivity contribution in [2.45, 2.75) is 5.92 Å². The zero-order valence-electron chi connectivity index (χ0n) is 17.1. The third-order valence-corrected chi connectivity index (χ3v) is 4.93. The van der Waals surface area contributed by atoms with Gasteiger partial charge in [0, 0.05) is 0 Å². The molecule has 2 N–H and O–H groups in total. The summed E-state index contributed by atoms with van der Waals surface area (Å²) in [6.45, 7) is 0. The summed E-state index contributed by atoms with van der Waals surface area (Å²) in [6, 6.07) is 15.7. The second-order valence-corrected chi connectivity index (χ2v) is 6.61. The molecule has 0 spiro atoms. The minimum Gasteiger partial charge on any atom is -0.466 e. The van der Waals surface area contributed by atoms with Crippen LogP contribution in [-0.4, -0.2) is 26.2 Å². The number of carbonyl (C=O) groups excluding carboxylic acids is 2. The molecule has 160 valence electrons. The van der Waals surface area contributed by atoms with Crippen LogP contribution in [0.2, 0.25) is 0 Å². The van der Waals surface area contributed by atoms with Gasteiger partial charge in [-0.15, -0.1) is 0 Å². The van der Waals surface area contributed by atoms with Gasteiger partial charge in [0.05, 0.1) is 54.7 Å². The van der Waals surface area contributed by atoms with E-state index in [2.05, 4.69) is 0 Å². The molecule has 1 heterocycles. The van der Waals surface area contributed by atoms with Crippen LogP contribution in [0.4, 0.5) is 10.1 Å². The number of nitrogens with zero attached hydrogens (tertiary/aromatic N) is 3. The molecule has 2 aromatic rings. The second kappa shape index (κ2) is 9.02. The molecular weight excluding hydrogens is 415 g/mol. The lowest BCUT2D eigenvalue weighted by atomic mass is 9.81. The number of hydrogen-bond donors (Lipinski definition) is 1. The predicted octanol–water partition coefficient (Wildman–Crippen LogP) is 2.60. The predicted molar refractivity (Wildman–Crippen MR) is 111 cm³/mol.